The largest absolute Gasteiger partial charge is 0.378 e. The summed E-state index contributed by atoms with van der Waals surface area (Å²) >= 11 is 0. The van der Waals surface area contributed by atoms with Crippen molar-refractivity contribution in [2.45, 2.75) is 45.3 Å². The van der Waals surface area contributed by atoms with Crippen molar-refractivity contribution in [1.82, 2.24) is 19.9 Å². The van der Waals surface area contributed by atoms with E-state index in [9.17, 15) is 9.59 Å². The third-order valence-electron chi connectivity index (χ3n) is 7.64. The Bertz CT molecular complexity index is 1510. The van der Waals surface area contributed by atoms with Crippen LogP contribution in [0.3, 0.4) is 0 Å². The van der Waals surface area contributed by atoms with E-state index < -0.39 is 6.04 Å². The van der Waals surface area contributed by atoms with Gasteiger partial charge in [-0.15, -0.1) is 5.10 Å². The standard InChI is InChI=1S/C32H36N6O2/c1-23-11-7-8-14-25(23)21-37(30(39)22-38-29-16-10-9-15-28(29)34-35-38)31(24-12-5-4-6-13-24)32(40)33-26-17-19-27(20-18-26)36(2)3/h4-5,7-11,14-20,24,31H,6,12-13,21-22H2,1-3H3,(H,33,40)/t24-,31+/m0/s1. The first-order valence-electron chi connectivity index (χ1n) is 13.8. The van der Waals surface area contributed by atoms with Gasteiger partial charge in [0, 0.05) is 32.0 Å². The zero-order valence-electron chi connectivity index (χ0n) is 23.3. The third kappa shape index (κ3) is 6.06. The molecule has 5 rings (SSSR count). The van der Waals surface area contributed by atoms with Crippen molar-refractivity contribution in [3.05, 3.63) is 96.1 Å². The summed E-state index contributed by atoms with van der Waals surface area (Å²) in [7, 11) is 3.96. The van der Waals surface area contributed by atoms with Crippen molar-refractivity contribution >= 4 is 34.2 Å². The second-order valence-corrected chi connectivity index (χ2v) is 10.6. The lowest BCUT2D eigenvalue weighted by atomic mass is 9.85. The van der Waals surface area contributed by atoms with E-state index in [2.05, 4.69) is 27.8 Å². The zero-order valence-corrected chi connectivity index (χ0v) is 23.3. The number of fused-ring (bicyclic) bond motifs is 1. The molecule has 0 saturated heterocycles. The van der Waals surface area contributed by atoms with Crippen LogP contribution in [0.2, 0.25) is 0 Å². The molecule has 0 aliphatic heterocycles. The lowest BCUT2D eigenvalue weighted by molar-refractivity contribution is -0.142. The molecule has 3 aromatic carbocycles. The summed E-state index contributed by atoms with van der Waals surface area (Å²) in [4.78, 5) is 32.0. The third-order valence-corrected chi connectivity index (χ3v) is 7.64. The maximum atomic E-state index is 14.2. The number of allylic oxidation sites excluding steroid dienone is 2. The summed E-state index contributed by atoms with van der Waals surface area (Å²) in [6, 6.07) is 22.7. The number of anilines is 2. The van der Waals surface area contributed by atoms with Gasteiger partial charge in [-0.3, -0.25) is 9.59 Å². The Balaban J connectivity index is 1.50. The summed E-state index contributed by atoms with van der Waals surface area (Å²) < 4.78 is 1.62. The van der Waals surface area contributed by atoms with Gasteiger partial charge >= 0.3 is 0 Å². The lowest BCUT2D eigenvalue weighted by Gasteiger charge is -2.37. The molecule has 8 nitrogen and oxygen atoms in total. The van der Waals surface area contributed by atoms with Crippen LogP contribution in [0.15, 0.2) is 84.9 Å². The van der Waals surface area contributed by atoms with Crippen molar-refractivity contribution in [2.75, 3.05) is 24.3 Å². The van der Waals surface area contributed by atoms with Crippen LogP contribution in [0.25, 0.3) is 11.0 Å². The van der Waals surface area contributed by atoms with Crippen molar-refractivity contribution in [2.24, 2.45) is 5.92 Å². The minimum absolute atomic E-state index is 0.00370. The van der Waals surface area contributed by atoms with Crippen LogP contribution in [0.4, 0.5) is 11.4 Å². The first-order valence-corrected chi connectivity index (χ1v) is 13.8. The molecule has 0 unspecified atom stereocenters. The number of carbonyl (C=O) groups is 2. The van der Waals surface area contributed by atoms with E-state index in [1.807, 2.05) is 98.7 Å². The fourth-order valence-corrected chi connectivity index (χ4v) is 5.34. The highest BCUT2D eigenvalue weighted by Gasteiger charge is 2.37. The van der Waals surface area contributed by atoms with E-state index in [1.54, 1.807) is 9.58 Å². The van der Waals surface area contributed by atoms with Gasteiger partial charge in [0.2, 0.25) is 11.8 Å². The predicted molar refractivity (Wildman–Crippen MR) is 159 cm³/mol. The van der Waals surface area contributed by atoms with Gasteiger partial charge in [0.15, 0.2) is 0 Å². The van der Waals surface area contributed by atoms with Gasteiger partial charge in [-0.05, 0) is 79.6 Å². The van der Waals surface area contributed by atoms with Gasteiger partial charge in [-0.1, -0.05) is 53.8 Å². The number of benzene rings is 3. The lowest BCUT2D eigenvalue weighted by Crippen LogP contribution is -2.52. The summed E-state index contributed by atoms with van der Waals surface area (Å²) in [6.45, 7) is 2.36. The molecule has 0 spiro atoms. The molecule has 2 atom stereocenters. The first kappa shape index (κ1) is 27.1. The minimum Gasteiger partial charge on any atom is -0.378 e. The normalized spacial score (nSPS) is 15.5. The molecule has 0 fully saturated rings. The number of amides is 2. The van der Waals surface area contributed by atoms with E-state index in [0.29, 0.717) is 12.2 Å². The molecular formula is C32H36N6O2. The number of hydrogen-bond donors (Lipinski definition) is 1. The summed E-state index contributed by atoms with van der Waals surface area (Å²) in [6.07, 6.45) is 6.73. The smallest absolute Gasteiger partial charge is 0.247 e. The van der Waals surface area contributed by atoms with Crippen LogP contribution in [0.1, 0.15) is 30.4 Å². The Hall–Kier alpha value is -4.46. The Kier molecular flexibility index (Phi) is 8.24. The monoisotopic (exact) mass is 536 g/mol. The number of aryl methyl sites for hydroxylation is 1. The van der Waals surface area contributed by atoms with Crippen LogP contribution in [0.5, 0.6) is 0 Å². The topological polar surface area (TPSA) is 83.4 Å². The minimum atomic E-state index is -0.652. The summed E-state index contributed by atoms with van der Waals surface area (Å²) in [5.41, 5.74) is 5.36. The molecule has 1 heterocycles. The predicted octanol–water partition coefficient (Wildman–Crippen LogP) is 5.20. The SMILES string of the molecule is Cc1ccccc1CN(C(=O)Cn1nnc2ccccc21)[C@@H](C(=O)Nc1ccc(N(C)C)cc1)[C@H]1CC=CCC1. The maximum absolute atomic E-state index is 14.2. The Morgan fingerprint density at radius 3 is 2.48 bits per heavy atom. The molecule has 1 aliphatic carbocycles. The highest BCUT2D eigenvalue weighted by molar-refractivity contribution is 5.97. The number of nitrogens with zero attached hydrogens (tertiary/aromatic N) is 5. The fourth-order valence-electron chi connectivity index (χ4n) is 5.34. The molecule has 206 valence electrons. The Morgan fingerprint density at radius 1 is 1.00 bits per heavy atom. The van der Waals surface area contributed by atoms with Crippen molar-refractivity contribution in [3.8, 4) is 0 Å². The van der Waals surface area contributed by atoms with Crippen LogP contribution in [-0.4, -0.2) is 51.8 Å². The Morgan fingerprint density at radius 2 is 1.75 bits per heavy atom. The van der Waals surface area contributed by atoms with E-state index in [1.165, 1.54) is 0 Å². The number of carbonyl (C=O) groups excluding carboxylic acids is 2. The van der Waals surface area contributed by atoms with Gasteiger partial charge in [0.1, 0.15) is 18.1 Å². The molecule has 40 heavy (non-hydrogen) atoms. The quantitative estimate of drug-likeness (QED) is 0.298. The van der Waals surface area contributed by atoms with Crippen LogP contribution < -0.4 is 10.2 Å². The molecule has 1 aliphatic rings. The van der Waals surface area contributed by atoms with E-state index >= 15 is 0 Å². The highest BCUT2D eigenvalue weighted by Crippen LogP contribution is 2.29. The fraction of sp³-hybridized carbons (Fsp3) is 0.312. The molecule has 8 heteroatoms. The molecule has 0 saturated carbocycles. The van der Waals surface area contributed by atoms with Gasteiger partial charge < -0.3 is 15.1 Å². The second-order valence-electron chi connectivity index (χ2n) is 10.6. The van der Waals surface area contributed by atoms with Gasteiger partial charge in [0.05, 0.1) is 5.52 Å². The number of nitrogens with one attached hydrogen (secondary N) is 1. The van der Waals surface area contributed by atoms with E-state index in [0.717, 1.165) is 47.1 Å². The van der Waals surface area contributed by atoms with Gasteiger partial charge in [-0.2, -0.15) is 0 Å². The summed E-state index contributed by atoms with van der Waals surface area (Å²) in [5, 5.41) is 11.6. The summed E-state index contributed by atoms with van der Waals surface area (Å²) in [5.74, 6) is -0.355. The molecule has 1 N–H and O–H groups in total. The molecule has 0 bridgehead atoms. The van der Waals surface area contributed by atoms with E-state index in [-0.39, 0.29) is 24.3 Å². The number of aromatic nitrogens is 3. The first-order chi connectivity index (χ1) is 19.4. The second kappa shape index (κ2) is 12.2. The maximum Gasteiger partial charge on any atom is 0.247 e. The molecule has 2 amide bonds. The van der Waals surface area contributed by atoms with Crippen LogP contribution in [-0.2, 0) is 22.7 Å². The average molecular weight is 537 g/mol. The van der Waals surface area contributed by atoms with Crippen LogP contribution in [0, 0.1) is 12.8 Å². The van der Waals surface area contributed by atoms with Gasteiger partial charge in [-0.25, -0.2) is 4.68 Å². The van der Waals surface area contributed by atoms with Crippen molar-refractivity contribution in [1.29, 1.82) is 0 Å². The molecule has 1 aromatic heterocycles. The van der Waals surface area contributed by atoms with Crippen molar-refractivity contribution < 1.29 is 9.59 Å². The average Bonchev–Trinajstić information content (AvgIpc) is 3.37. The van der Waals surface area contributed by atoms with Gasteiger partial charge in [0.25, 0.3) is 0 Å². The molecular weight excluding hydrogens is 500 g/mol. The number of para-hydroxylation sites is 1. The Labute approximate surface area is 235 Å². The number of hydrogen-bond acceptors (Lipinski definition) is 5. The zero-order chi connectivity index (χ0) is 28.1. The van der Waals surface area contributed by atoms with Crippen LogP contribution >= 0.6 is 0 Å². The molecule has 4 aromatic rings. The molecule has 0 radical (unpaired) electrons. The van der Waals surface area contributed by atoms with E-state index in [4.69, 9.17) is 0 Å². The highest BCUT2D eigenvalue weighted by atomic mass is 16.2. The number of rotatable bonds is 9. The van der Waals surface area contributed by atoms with Crippen molar-refractivity contribution in [3.63, 3.8) is 0 Å².